The maximum absolute atomic E-state index is 13.1. The fraction of sp³-hybridized carbons (Fsp3) is 0.667. The Bertz CT molecular complexity index is 648. The topological polar surface area (TPSA) is 69.7 Å². The Morgan fingerprint density at radius 3 is 2.36 bits per heavy atom. The zero-order valence-corrected chi connectivity index (χ0v) is 18.3. The summed E-state index contributed by atoms with van der Waals surface area (Å²) in [5, 5.41) is 4.85. The van der Waals surface area contributed by atoms with E-state index < -0.39 is 6.04 Å². The number of hydrogen-bond donors (Lipinski definition) is 1. The molecular formula is C21H33N3O3S. The van der Waals surface area contributed by atoms with Crippen molar-refractivity contribution in [3.8, 4) is 0 Å². The second-order valence-corrected chi connectivity index (χ2v) is 8.70. The molecule has 0 saturated carbocycles. The summed E-state index contributed by atoms with van der Waals surface area (Å²) in [6.45, 7) is 10.5. The first kappa shape index (κ1) is 22.4. The van der Waals surface area contributed by atoms with Crippen LogP contribution in [-0.4, -0.2) is 59.7 Å². The summed E-state index contributed by atoms with van der Waals surface area (Å²) in [6.07, 6.45) is 2.01. The molecule has 1 atom stereocenters. The molecular weight excluding hydrogens is 374 g/mol. The van der Waals surface area contributed by atoms with Crippen LogP contribution in [0.1, 0.15) is 56.6 Å². The maximum atomic E-state index is 13.1. The summed E-state index contributed by atoms with van der Waals surface area (Å²) in [5.41, 5.74) is 0. The standard InChI is InChI=1S/C21H33N3O3S/c1-5-23(6-2)21(27)19(22-20(26)17-8-7-13-28-17)16-9-11-24(12-10-16)18(25)14-15(3)4/h7-8,13,15-16,19H,5-6,9-12,14H2,1-4H3,(H,22,26)/t19-/m1/s1. The van der Waals surface area contributed by atoms with Crippen LogP contribution in [0.25, 0.3) is 0 Å². The molecule has 7 heteroatoms. The minimum absolute atomic E-state index is 0.0261. The molecule has 3 amide bonds. The van der Waals surface area contributed by atoms with Crippen LogP contribution >= 0.6 is 11.3 Å². The summed E-state index contributed by atoms with van der Waals surface area (Å²) >= 11 is 1.37. The van der Waals surface area contributed by atoms with E-state index in [0.29, 0.717) is 43.4 Å². The van der Waals surface area contributed by atoms with Gasteiger partial charge >= 0.3 is 0 Å². The summed E-state index contributed by atoms with van der Waals surface area (Å²) in [6, 6.07) is 3.06. The number of likely N-dealkylation sites (tertiary alicyclic amines) is 1. The van der Waals surface area contributed by atoms with Crippen molar-refractivity contribution in [1.29, 1.82) is 0 Å². The molecule has 1 aromatic heterocycles. The minimum Gasteiger partial charge on any atom is -0.343 e. The number of carbonyl (C=O) groups is 3. The van der Waals surface area contributed by atoms with E-state index in [-0.39, 0.29) is 23.6 Å². The van der Waals surface area contributed by atoms with E-state index in [1.54, 1.807) is 11.0 Å². The van der Waals surface area contributed by atoms with Crippen molar-refractivity contribution in [3.05, 3.63) is 22.4 Å². The highest BCUT2D eigenvalue weighted by atomic mass is 32.1. The number of hydrogen-bond acceptors (Lipinski definition) is 4. The van der Waals surface area contributed by atoms with E-state index in [0.717, 1.165) is 12.8 Å². The molecule has 0 unspecified atom stereocenters. The molecule has 0 radical (unpaired) electrons. The zero-order chi connectivity index (χ0) is 20.7. The normalized spacial score (nSPS) is 16.1. The SMILES string of the molecule is CCN(CC)C(=O)[C@H](NC(=O)c1cccs1)C1CCN(C(=O)CC(C)C)CC1. The number of amides is 3. The van der Waals surface area contributed by atoms with Crippen LogP contribution in [0, 0.1) is 11.8 Å². The Kier molecular flexibility index (Phi) is 8.48. The smallest absolute Gasteiger partial charge is 0.262 e. The molecule has 0 aliphatic carbocycles. The van der Waals surface area contributed by atoms with Gasteiger partial charge in [-0.1, -0.05) is 19.9 Å². The third-order valence-electron chi connectivity index (χ3n) is 5.32. The fourth-order valence-electron chi connectivity index (χ4n) is 3.69. The Morgan fingerprint density at radius 1 is 1.21 bits per heavy atom. The number of nitrogens with zero attached hydrogens (tertiary/aromatic N) is 2. The fourth-order valence-corrected chi connectivity index (χ4v) is 4.32. The van der Waals surface area contributed by atoms with Crippen molar-refractivity contribution in [1.82, 2.24) is 15.1 Å². The lowest BCUT2D eigenvalue weighted by molar-refractivity contribution is -0.136. The highest BCUT2D eigenvalue weighted by Crippen LogP contribution is 2.24. The molecule has 1 aliphatic rings. The number of piperidine rings is 1. The number of likely N-dealkylation sites (N-methyl/N-ethyl adjacent to an activating group) is 1. The van der Waals surface area contributed by atoms with Gasteiger partial charge in [-0.15, -0.1) is 11.3 Å². The van der Waals surface area contributed by atoms with Crippen LogP contribution < -0.4 is 5.32 Å². The monoisotopic (exact) mass is 407 g/mol. The van der Waals surface area contributed by atoms with E-state index >= 15 is 0 Å². The Labute approximate surface area is 172 Å². The van der Waals surface area contributed by atoms with Crippen LogP contribution in [-0.2, 0) is 9.59 Å². The van der Waals surface area contributed by atoms with Crippen molar-refractivity contribution in [3.63, 3.8) is 0 Å². The number of thiophene rings is 1. The lowest BCUT2D eigenvalue weighted by Gasteiger charge is -2.37. The molecule has 1 N–H and O–H groups in total. The first-order valence-corrected chi connectivity index (χ1v) is 11.2. The van der Waals surface area contributed by atoms with Crippen molar-refractivity contribution >= 4 is 29.1 Å². The lowest BCUT2D eigenvalue weighted by Crippen LogP contribution is -2.54. The number of rotatable bonds is 8. The van der Waals surface area contributed by atoms with Gasteiger partial charge in [-0.25, -0.2) is 0 Å². The van der Waals surface area contributed by atoms with Gasteiger partial charge in [-0.2, -0.15) is 0 Å². The highest BCUT2D eigenvalue weighted by Gasteiger charge is 2.35. The molecule has 0 aromatic carbocycles. The van der Waals surface area contributed by atoms with Crippen LogP contribution in [0.3, 0.4) is 0 Å². The van der Waals surface area contributed by atoms with E-state index in [1.807, 2.05) is 44.0 Å². The molecule has 156 valence electrons. The van der Waals surface area contributed by atoms with Crippen LogP contribution in [0.4, 0.5) is 0 Å². The average molecular weight is 408 g/mol. The molecule has 1 saturated heterocycles. The van der Waals surface area contributed by atoms with Gasteiger partial charge in [0.25, 0.3) is 5.91 Å². The van der Waals surface area contributed by atoms with Gasteiger partial charge < -0.3 is 15.1 Å². The molecule has 0 spiro atoms. The van der Waals surface area contributed by atoms with Gasteiger partial charge in [-0.05, 0) is 50.0 Å². The predicted molar refractivity (Wildman–Crippen MR) is 112 cm³/mol. The Hall–Kier alpha value is -1.89. The molecule has 1 fully saturated rings. The average Bonchev–Trinajstić information content (AvgIpc) is 3.21. The third kappa shape index (κ3) is 5.80. The lowest BCUT2D eigenvalue weighted by atomic mass is 9.88. The first-order valence-electron chi connectivity index (χ1n) is 10.3. The quantitative estimate of drug-likeness (QED) is 0.720. The second-order valence-electron chi connectivity index (χ2n) is 7.76. The molecule has 1 aromatic rings. The first-order chi connectivity index (χ1) is 13.4. The second kappa shape index (κ2) is 10.6. The van der Waals surface area contributed by atoms with Crippen molar-refractivity contribution in [2.24, 2.45) is 11.8 Å². The van der Waals surface area contributed by atoms with Crippen LogP contribution in [0.2, 0.25) is 0 Å². The predicted octanol–water partition coefficient (Wildman–Crippen LogP) is 3.00. The molecule has 6 nitrogen and oxygen atoms in total. The number of carbonyl (C=O) groups excluding carboxylic acids is 3. The molecule has 2 rings (SSSR count). The van der Waals surface area contributed by atoms with Gasteiger partial charge in [0.15, 0.2) is 0 Å². The van der Waals surface area contributed by atoms with Gasteiger partial charge in [0, 0.05) is 32.6 Å². The van der Waals surface area contributed by atoms with E-state index in [2.05, 4.69) is 5.32 Å². The Balaban J connectivity index is 2.08. The number of nitrogens with one attached hydrogen (secondary N) is 1. The van der Waals surface area contributed by atoms with Crippen molar-refractivity contribution in [2.45, 2.75) is 53.0 Å². The van der Waals surface area contributed by atoms with Gasteiger partial charge in [0.05, 0.1) is 4.88 Å². The summed E-state index contributed by atoms with van der Waals surface area (Å²) in [4.78, 5) is 42.3. The molecule has 28 heavy (non-hydrogen) atoms. The van der Waals surface area contributed by atoms with Crippen molar-refractivity contribution < 1.29 is 14.4 Å². The van der Waals surface area contributed by atoms with E-state index in [1.165, 1.54) is 11.3 Å². The van der Waals surface area contributed by atoms with Crippen molar-refractivity contribution in [2.75, 3.05) is 26.2 Å². The summed E-state index contributed by atoms with van der Waals surface area (Å²) in [7, 11) is 0. The van der Waals surface area contributed by atoms with E-state index in [4.69, 9.17) is 0 Å². The zero-order valence-electron chi connectivity index (χ0n) is 17.4. The van der Waals surface area contributed by atoms with Crippen LogP contribution in [0.5, 0.6) is 0 Å². The largest absolute Gasteiger partial charge is 0.343 e. The molecule has 1 aliphatic heterocycles. The van der Waals surface area contributed by atoms with E-state index in [9.17, 15) is 14.4 Å². The minimum atomic E-state index is -0.545. The Morgan fingerprint density at radius 2 is 1.86 bits per heavy atom. The van der Waals surface area contributed by atoms with Crippen LogP contribution in [0.15, 0.2) is 17.5 Å². The molecule has 0 bridgehead atoms. The summed E-state index contributed by atoms with van der Waals surface area (Å²) < 4.78 is 0. The molecule has 2 heterocycles. The van der Waals surface area contributed by atoms with Gasteiger partial charge in [0.2, 0.25) is 11.8 Å². The van der Waals surface area contributed by atoms with Gasteiger partial charge in [0.1, 0.15) is 6.04 Å². The summed E-state index contributed by atoms with van der Waals surface area (Å²) in [5.74, 6) is 0.343. The van der Waals surface area contributed by atoms with Gasteiger partial charge in [-0.3, -0.25) is 14.4 Å². The third-order valence-corrected chi connectivity index (χ3v) is 6.19. The maximum Gasteiger partial charge on any atom is 0.262 e. The highest BCUT2D eigenvalue weighted by molar-refractivity contribution is 7.12.